The molecule has 6 aromatic rings. The van der Waals surface area contributed by atoms with Crippen molar-refractivity contribution < 1.29 is 18.9 Å². The molecule has 0 bridgehead atoms. The molecule has 1 saturated carbocycles. The molecule has 10 rings (SSSR count). The zero-order chi connectivity index (χ0) is 43.2. The normalized spacial score (nSPS) is 18.7. The van der Waals surface area contributed by atoms with Crippen LogP contribution in [0.5, 0.6) is 0 Å². The summed E-state index contributed by atoms with van der Waals surface area (Å²) in [6, 6.07) is 24.7. The van der Waals surface area contributed by atoms with Crippen LogP contribution in [0.2, 0.25) is 0 Å². The van der Waals surface area contributed by atoms with Crippen LogP contribution in [-0.2, 0) is 10.2 Å². The molecule has 4 fully saturated rings. The van der Waals surface area contributed by atoms with Crippen LogP contribution in [0, 0.1) is 12.8 Å². The molecule has 6 heterocycles. The van der Waals surface area contributed by atoms with E-state index in [9.17, 15) is 14.4 Å². The number of piperidine rings is 1. The molecule has 3 aromatic heterocycles. The van der Waals surface area contributed by atoms with E-state index in [-0.39, 0.29) is 35.1 Å². The fourth-order valence-corrected chi connectivity index (χ4v) is 9.34. The Morgan fingerprint density at radius 1 is 0.857 bits per heavy atom. The first-order chi connectivity index (χ1) is 30.6. The van der Waals surface area contributed by atoms with E-state index in [1.807, 2.05) is 38.2 Å². The van der Waals surface area contributed by atoms with E-state index in [0.717, 1.165) is 116 Å². The molecule has 3 aromatic carbocycles. The topological polar surface area (TPSA) is 169 Å². The first kappa shape index (κ1) is 40.5. The highest BCUT2D eigenvalue weighted by Crippen LogP contribution is 2.46. The summed E-state index contributed by atoms with van der Waals surface area (Å²) >= 11 is 0. The van der Waals surface area contributed by atoms with Gasteiger partial charge in [0, 0.05) is 104 Å². The Labute approximate surface area is 366 Å². The summed E-state index contributed by atoms with van der Waals surface area (Å²) in [7, 11) is 0. The second kappa shape index (κ2) is 16.6. The fraction of sp³-hybridized carbons (Fsp3) is 0.396. The molecule has 4 amide bonds. The Balaban J connectivity index is 0.714. The van der Waals surface area contributed by atoms with Crippen molar-refractivity contribution in [2.45, 2.75) is 64.3 Å². The number of imide groups is 1. The number of hydrogen-bond donors (Lipinski definition) is 3. The lowest BCUT2D eigenvalue weighted by Gasteiger charge is -2.40. The van der Waals surface area contributed by atoms with Crippen LogP contribution < -0.4 is 25.3 Å². The van der Waals surface area contributed by atoms with Gasteiger partial charge in [-0.2, -0.15) is 10.1 Å². The summed E-state index contributed by atoms with van der Waals surface area (Å²) in [5, 5.41) is 18.0. The van der Waals surface area contributed by atoms with Crippen molar-refractivity contribution in [3.63, 3.8) is 0 Å². The molecular formula is C48H53N11O4. The number of nitrogens with zero attached hydrogens (tertiary/aromatic N) is 8. The van der Waals surface area contributed by atoms with Crippen molar-refractivity contribution in [1.82, 2.24) is 40.9 Å². The highest BCUT2D eigenvalue weighted by Gasteiger charge is 2.45. The smallest absolute Gasteiger partial charge is 0.328 e. The van der Waals surface area contributed by atoms with Gasteiger partial charge < -0.3 is 19.6 Å². The van der Waals surface area contributed by atoms with Crippen LogP contribution in [0.3, 0.4) is 0 Å². The second-order valence-electron chi connectivity index (χ2n) is 18.0. The summed E-state index contributed by atoms with van der Waals surface area (Å²) in [4.78, 5) is 55.0. The number of rotatable bonds is 11. The Hall–Kier alpha value is -6.61. The summed E-state index contributed by atoms with van der Waals surface area (Å²) in [5.74, 6) is 0.708. The lowest BCUT2D eigenvalue weighted by atomic mass is 9.95. The van der Waals surface area contributed by atoms with Crippen molar-refractivity contribution in [2.75, 3.05) is 67.1 Å². The van der Waals surface area contributed by atoms with Gasteiger partial charge in [0.15, 0.2) is 5.65 Å². The molecule has 4 aliphatic rings. The van der Waals surface area contributed by atoms with E-state index in [1.54, 1.807) is 4.90 Å². The maximum Gasteiger partial charge on any atom is 0.328 e. The third kappa shape index (κ3) is 8.36. The maximum absolute atomic E-state index is 13.0. The first-order valence-electron chi connectivity index (χ1n) is 22.2. The number of aromatic nitrogens is 5. The standard InChI is InChI=1S/C48H53N11O4/c1-30-26-34(6-13-39(30)31(2)50-45(61)44-52-46(63-55-44)48(3)17-18-48)42-40-27-35(28-49-43(40)54-53-42)33-4-7-36(8-5-33)58-24-22-56(23-25-58)29-32-14-19-57(20-15-32)37-9-11-38(12-10-37)59-21-16-41(60)51-47(59)62/h4-13,26-28,31-32H,14-25,29H2,1-3H3,(H,50,61)(H,49,53,54)(H,51,60,62). The number of H-pyrrole nitrogens is 1. The molecule has 1 aliphatic carbocycles. The van der Waals surface area contributed by atoms with Gasteiger partial charge in [-0.15, -0.1) is 0 Å². The summed E-state index contributed by atoms with van der Waals surface area (Å²) < 4.78 is 5.38. The number of fused-ring (bicyclic) bond motifs is 1. The zero-order valence-corrected chi connectivity index (χ0v) is 36.1. The van der Waals surface area contributed by atoms with E-state index >= 15 is 0 Å². The van der Waals surface area contributed by atoms with E-state index in [2.05, 4.69) is 107 Å². The Morgan fingerprint density at radius 3 is 2.24 bits per heavy atom. The molecular weight excluding hydrogens is 795 g/mol. The van der Waals surface area contributed by atoms with Crippen LogP contribution >= 0.6 is 0 Å². The Morgan fingerprint density at radius 2 is 1.54 bits per heavy atom. The van der Waals surface area contributed by atoms with E-state index in [0.29, 0.717) is 30.4 Å². The molecule has 1 atom stereocenters. The minimum Gasteiger partial charge on any atom is -0.372 e. The van der Waals surface area contributed by atoms with Gasteiger partial charge in [0.25, 0.3) is 11.7 Å². The van der Waals surface area contributed by atoms with Gasteiger partial charge in [-0.3, -0.25) is 29.8 Å². The third-order valence-electron chi connectivity index (χ3n) is 13.6. The quantitative estimate of drug-likeness (QED) is 0.123. The van der Waals surface area contributed by atoms with Crippen molar-refractivity contribution in [1.29, 1.82) is 0 Å². The number of carbonyl (C=O) groups excluding carboxylic acids is 3. The van der Waals surface area contributed by atoms with Crippen LogP contribution in [-0.4, -0.2) is 100 Å². The second-order valence-corrected chi connectivity index (χ2v) is 18.0. The number of amides is 4. The average molecular weight is 848 g/mol. The number of pyridine rings is 1. The van der Waals surface area contributed by atoms with Gasteiger partial charge in [0.05, 0.1) is 11.7 Å². The van der Waals surface area contributed by atoms with E-state index in [4.69, 9.17) is 9.51 Å². The highest BCUT2D eigenvalue weighted by atomic mass is 16.5. The Bertz CT molecular complexity index is 2650. The average Bonchev–Trinajstić information content (AvgIpc) is 3.64. The summed E-state index contributed by atoms with van der Waals surface area (Å²) in [6.07, 6.45) is 6.53. The lowest BCUT2D eigenvalue weighted by Crippen LogP contribution is -2.49. The molecule has 3 aliphatic heterocycles. The number of benzene rings is 3. The number of aromatic amines is 1. The number of piperazine rings is 1. The molecule has 15 heteroatoms. The SMILES string of the molecule is Cc1cc(-c2[nH]nc3ncc(-c4ccc(N5CCN(CC6CCN(c7ccc(N8CCC(=O)NC8=O)cc7)CC6)CC5)cc4)cc23)ccc1C(C)NC(=O)c1noc(C2(C)CC2)n1. The van der Waals surface area contributed by atoms with Crippen LogP contribution in [0.1, 0.15) is 79.6 Å². The maximum atomic E-state index is 13.0. The number of hydrogen-bond acceptors (Lipinski definition) is 11. The Kier molecular flexibility index (Phi) is 10.7. The van der Waals surface area contributed by atoms with E-state index < -0.39 is 0 Å². The molecule has 0 spiro atoms. The minimum atomic E-state index is -0.353. The lowest BCUT2D eigenvalue weighted by molar-refractivity contribution is -0.120. The number of nitrogens with one attached hydrogen (secondary N) is 3. The minimum absolute atomic E-state index is 0.0646. The van der Waals surface area contributed by atoms with Crippen LogP contribution in [0.25, 0.3) is 33.4 Å². The van der Waals surface area contributed by atoms with Crippen molar-refractivity contribution in [3.8, 4) is 22.4 Å². The highest BCUT2D eigenvalue weighted by molar-refractivity contribution is 6.05. The number of urea groups is 1. The number of aryl methyl sites for hydroxylation is 1. The third-order valence-corrected chi connectivity index (χ3v) is 13.6. The number of anilines is 3. The predicted molar refractivity (Wildman–Crippen MR) is 242 cm³/mol. The molecule has 3 saturated heterocycles. The predicted octanol–water partition coefficient (Wildman–Crippen LogP) is 7.01. The number of carbonyl (C=O) groups is 3. The molecule has 3 N–H and O–H groups in total. The van der Waals surface area contributed by atoms with Gasteiger partial charge >= 0.3 is 6.03 Å². The monoisotopic (exact) mass is 847 g/mol. The van der Waals surface area contributed by atoms with Crippen LogP contribution in [0.4, 0.5) is 21.9 Å². The van der Waals surface area contributed by atoms with Gasteiger partial charge in [-0.1, -0.05) is 36.3 Å². The van der Waals surface area contributed by atoms with Gasteiger partial charge in [0.1, 0.15) is 0 Å². The van der Waals surface area contributed by atoms with Crippen molar-refractivity contribution >= 4 is 45.9 Å². The molecule has 0 radical (unpaired) electrons. The largest absolute Gasteiger partial charge is 0.372 e. The fourth-order valence-electron chi connectivity index (χ4n) is 9.34. The zero-order valence-electron chi connectivity index (χ0n) is 36.1. The van der Waals surface area contributed by atoms with Crippen molar-refractivity contribution in [2.24, 2.45) is 5.92 Å². The van der Waals surface area contributed by atoms with Gasteiger partial charge in [-0.05, 0) is 111 Å². The first-order valence-corrected chi connectivity index (χ1v) is 22.2. The van der Waals surface area contributed by atoms with Gasteiger partial charge in [-0.25, -0.2) is 9.78 Å². The summed E-state index contributed by atoms with van der Waals surface area (Å²) in [5.41, 5.74) is 9.86. The molecule has 15 nitrogen and oxygen atoms in total. The van der Waals surface area contributed by atoms with Crippen LogP contribution in [0.15, 0.2) is 83.5 Å². The van der Waals surface area contributed by atoms with Crippen molar-refractivity contribution in [3.05, 3.63) is 102 Å². The van der Waals surface area contributed by atoms with Gasteiger partial charge in [0.2, 0.25) is 11.8 Å². The summed E-state index contributed by atoms with van der Waals surface area (Å²) in [6.45, 7) is 13.8. The molecule has 63 heavy (non-hydrogen) atoms. The van der Waals surface area contributed by atoms with E-state index in [1.165, 1.54) is 11.4 Å². The molecule has 324 valence electrons. The molecule has 1 unspecified atom stereocenters.